The second-order valence-corrected chi connectivity index (χ2v) is 6.50. The fraction of sp³-hybridized carbons (Fsp3) is 0.667. The van der Waals surface area contributed by atoms with Gasteiger partial charge >= 0.3 is 0 Å². The molecule has 20 heavy (non-hydrogen) atoms. The van der Waals surface area contributed by atoms with Crippen molar-refractivity contribution < 1.29 is 5.11 Å². The molecule has 0 amide bonds. The summed E-state index contributed by atoms with van der Waals surface area (Å²) >= 11 is 0. The van der Waals surface area contributed by atoms with Crippen LogP contribution in [0.2, 0.25) is 0 Å². The predicted molar refractivity (Wildman–Crippen MR) is 82.8 cm³/mol. The number of nitrogens with zero attached hydrogens (tertiary/aromatic N) is 1. The highest BCUT2D eigenvalue weighted by Gasteiger charge is 2.46. The molecule has 3 rings (SSSR count). The highest BCUT2D eigenvalue weighted by molar-refractivity contribution is 5.27. The summed E-state index contributed by atoms with van der Waals surface area (Å²) in [6.45, 7) is 4.52. The molecule has 1 atom stereocenters. The summed E-state index contributed by atoms with van der Waals surface area (Å²) in [6, 6.07) is 8.62. The number of aliphatic hydroxyl groups is 1. The molecule has 2 heteroatoms. The molecule has 1 saturated heterocycles. The van der Waals surface area contributed by atoms with E-state index < -0.39 is 0 Å². The van der Waals surface area contributed by atoms with Gasteiger partial charge in [0.05, 0.1) is 11.6 Å². The topological polar surface area (TPSA) is 23.5 Å². The van der Waals surface area contributed by atoms with Gasteiger partial charge < -0.3 is 5.11 Å². The molecule has 2 nitrogen and oxygen atoms in total. The molecule has 2 aliphatic rings. The van der Waals surface area contributed by atoms with Crippen molar-refractivity contribution >= 4 is 0 Å². The summed E-state index contributed by atoms with van der Waals surface area (Å²) in [5.74, 6) is 0. The van der Waals surface area contributed by atoms with Gasteiger partial charge in [0.2, 0.25) is 0 Å². The van der Waals surface area contributed by atoms with Crippen LogP contribution in [0.1, 0.15) is 62.7 Å². The number of benzene rings is 1. The average Bonchev–Trinajstić information content (AvgIpc) is 3.18. The van der Waals surface area contributed by atoms with E-state index in [1.165, 1.54) is 44.3 Å². The molecule has 1 aromatic rings. The zero-order valence-electron chi connectivity index (χ0n) is 12.6. The Hall–Kier alpha value is -0.860. The highest BCUT2D eigenvalue weighted by Crippen LogP contribution is 2.45. The molecule has 1 aliphatic carbocycles. The van der Waals surface area contributed by atoms with Gasteiger partial charge in [0.15, 0.2) is 0 Å². The molecule has 0 aromatic heterocycles. The molecule has 1 aliphatic heterocycles. The molecule has 1 heterocycles. The third kappa shape index (κ3) is 2.40. The van der Waals surface area contributed by atoms with Crippen LogP contribution in [-0.2, 0) is 6.42 Å². The second-order valence-electron chi connectivity index (χ2n) is 6.50. The van der Waals surface area contributed by atoms with Crippen LogP contribution in [0.5, 0.6) is 0 Å². The van der Waals surface area contributed by atoms with Gasteiger partial charge in [-0.25, -0.2) is 0 Å². The lowest BCUT2D eigenvalue weighted by Crippen LogP contribution is -2.49. The van der Waals surface area contributed by atoms with E-state index in [0.717, 1.165) is 24.8 Å². The van der Waals surface area contributed by atoms with Gasteiger partial charge in [0.25, 0.3) is 0 Å². The van der Waals surface area contributed by atoms with Crippen molar-refractivity contribution in [3.63, 3.8) is 0 Å². The van der Waals surface area contributed by atoms with Crippen LogP contribution < -0.4 is 0 Å². The van der Waals surface area contributed by atoms with Crippen LogP contribution in [-0.4, -0.2) is 28.6 Å². The van der Waals surface area contributed by atoms with Crippen LogP contribution in [0.25, 0.3) is 0 Å². The molecule has 110 valence electrons. The lowest BCUT2D eigenvalue weighted by Gasteiger charge is -2.43. The normalized spacial score (nSPS) is 24.1. The largest absolute Gasteiger partial charge is 0.386 e. The van der Waals surface area contributed by atoms with Crippen LogP contribution in [0.4, 0.5) is 0 Å². The maximum atomic E-state index is 11.1. The lowest BCUT2D eigenvalue weighted by atomic mass is 9.84. The van der Waals surface area contributed by atoms with E-state index in [0.29, 0.717) is 0 Å². The third-order valence-electron chi connectivity index (χ3n) is 5.42. The maximum absolute atomic E-state index is 11.1. The van der Waals surface area contributed by atoms with E-state index in [-0.39, 0.29) is 11.6 Å². The van der Waals surface area contributed by atoms with Crippen LogP contribution >= 0.6 is 0 Å². The van der Waals surface area contributed by atoms with Crippen molar-refractivity contribution in [2.45, 2.75) is 63.5 Å². The molecule has 2 fully saturated rings. The summed E-state index contributed by atoms with van der Waals surface area (Å²) in [5.41, 5.74) is 2.48. The van der Waals surface area contributed by atoms with Crippen molar-refractivity contribution in [2.75, 3.05) is 13.1 Å². The summed E-state index contributed by atoms with van der Waals surface area (Å²) in [4.78, 5) is 2.58. The van der Waals surface area contributed by atoms with E-state index in [9.17, 15) is 5.11 Å². The minimum atomic E-state index is -0.325. The molecular formula is C18H27NO. The van der Waals surface area contributed by atoms with Crippen molar-refractivity contribution in [3.8, 4) is 0 Å². The highest BCUT2D eigenvalue weighted by atomic mass is 16.3. The average molecular weight is 273 g/mol. The van der Waals surface area contributed by atoms with Gasteiger partial charge in [-0.3, -0.25) is 4.90 Å². The van der Waals surface area contributed by atoms with Crippen molar-refractivity contribution in [1.82, 2.24) is 4.90 Å². The van der Waals surface area contributed by atoms with Gasteiger partial charge in [-0.15, -0.1) is 0 Å². The first-order valence-corrected chi connectivity index (χ1v) is 8.28. The van der Waals surface area contributed by atoms with E-state index >= 15 is 0 Å². The molecule has 0 spiro atoms. The summed E-state index contributed by atoms with van der Waals surface area (Å²) < 4.78 is 0. The summed E-state index contributed by atoms with van der Waals surface area (Å²) in [7, 11) is 0. The molecule has 0 radical (unpaired) electrons. The van der Waals surface area contributed by atoms with E-state index in [1.807, 2.05) is 0 Å². The molecular weight excluding hydrogens is 246 g/mol. The molecule has 1 N–H and O–H groups in total. The first-order chi connectivity index (χ1) is 9.76. The van der Waals surface area contributed by atoms with E-state index in [1.54, 1.807) is 0 Å². The van der Waals surface area contributed by atoms with Crippen molar-refractivity contribution in [3.05, 3.63) is 35.4 Å². The zero-order chi connectivity index (χ0) is 14.0. The zero-order valence-corrected chi connectivity index (χ0v) is 12.6. The van der Waals surface area contributed by atoms with Gasteiger partial charge in [0.1, 0.15) is 0 Å². The maximum Gasteiger partial charge on any atom is 0.0973 e. The SMILES string of the molecule is CCc1ccc(C(O)C2(N3CCCC3)CCCC2)cc1. The third-order valence-corrected chi connectivity index (χ3v) is 5.42. The van der Waals surface area contributed by atoms with Gasteiger partial charge in [-0.1, -0.05) is 44.0 Å². The van der Waals surface area contributed by atoms with E-state index in [2.05, 4.69) is 36.1 Å². The van der Waals surface area contributed by atoms with Crippen LogP contribution in [0.3, 0.4) is 0 Å². The Bertz CT molecular complexity index is 427. The predicted octanol–water partition coefficient (Wildman–Crippen LogP) is 3.69. The molecule has 0 bridgehead atoms. The molecule has 1 saturated carbocycles. The number of hydrogen-bond donors (Lipinski definition) is 1. The number of rotatable bonds is 4. The monoisotopic (exact) mass is 273 g/mol. The molecule has 1 aromatic carbocycles. The Balaban J connectivity index is 1.86. The smallest absolute Gasteiger partial charge is 0.0973 e. The minimum absolute atomic E-state index is 0.0181. The Morgan fingerprint density at radius 2 is 1.65 bits per heavy atom. The van der Waals surface area contributed by atoms with Crippen molar-refractivity contribution in [1.29, 1.82) is 0 Å². The summed E-state index contributed by atoms with van der Waals surface area (Å²) in [5, 5.41) is 11.1. The Kier molecular flexibility index (Phi) is 4.13. The second kappa shape index (κ2) is 5.87. The Labute approximate surface area is 122 Å². The number of hydrogen-bond acceptors (Lipinski definition) is 2. The summed E-state index contributed by atoms with van der Waals surface area (Å²) in [6.07, 6.45) is 8.17. The van der Waals surface area contributed by atoms with Crippen LogP contribution in [0, 0.1) is 0 Å². The van der Waals surface area contributed by atoms with Gasteiger partial charge in [-0.2, -0.15) is 0 Å². The first kappa shape index (κ1) is 14.1. The van der Waals surface area contributed by atoms with Gasteiger partial charge in [-0.05, 0) is 56.3 Å². The lowest BCUT2D eigenvalue weighted by molar-refractivity contribution is -0.0195. The Morgan fingerprint density at radius 3 is 2.20 bits per heavy atom. The molecule has 1 unspecified atom stereocenters. The standard InChI is InChI=1S/C18H27NO/c1-2-15-7-9-16(10-8-15)17(20)18(11-3-4-12-18)19-13-5-6-14-19/h7-10,17,20H,2-6,11-14H2,1H3. The first-order valence-electron chi connectivity index (χ1n) is 8.28. The van der Waals surface area contributed by atoms with Gasteiger partial charge in [0, 0.05) is 0 Å². The number of aryl methyl sites for hydroxylation is 1. The van der Waals surface area contributed by atoms with Crippen molar-refractivity contribution in [2.24, 2.45) is 0 Å². The minimum Gasteiger partial charge on any atom is -0.386 e. The Morgan fingerprint density at radius 1 is 1.05 bits per heavy atom. The number of likely N-dealkylation sites (tertiary alicyclic amines) is 1. The number of aliphatic hydroxyl groups excluding tert-OH is 1. The quantitative estimate of drug-likeness (QED) is 0.904. The van der Waals surface area contributed by atoms with E-state index in [4.69, 9.17) is 0 Å². The fourth-order valence-electron chi connectivity index (χ4n) is 4.16. The fourth-order valence-corrected chi connectivity index (χ4v) is 4.16. The van der Waals surface area contributed by atoms with Crippen LogP contribution in [0.15, 0.2) is 24.3 Å².